The van der Waals surface area contributed by atoms with E-state index in [1.807, 2.05) is 42.4 Å². The van der Waals surface area contributed by atoms with E-state index < -0.39 is 0 Å². The van der Waals surface area contributed by atoms with Crippen LogP contribution in [0.5, 0.6) is 0 Å². The van der Waals surface area contributed by atoms with Crippen LogP contribution in [0.3, 0.4) is 0 Å². The van der Waals surface area contributed by atoms with Crippen molar-refractivity contribution in [3.63, 3.8) is 0 Å². The smallest absolute Gasteiger partial charge is 0.0488 e. The van der Waals surface area contributed by atoms with E-state index in [-0.39, 0.29) is 12.4 Å². The van der Waals surface area contributed by atoms with E-state index in [1.165, 1.54) is 10.5 Å². The molecule has 23 heavy (non-hydrogen) atoms. The Labute approximate surface area is 153 Å². The Bertz CT molecular complexity index is 580. The number of piperazine rings is 1. The molecule has 3 nitrogen and oxygen atoms in total. The van der Waals surface area contributed by atoms with Crippen molar-refractivity contribution in [3.8, 4) is 0 Å². The largest absolute Gasteiger partial charge is 0.314 e. The Kier molecular flexibility index (Phi) is 7.66. The maximum Gasteiger partial charge on any atom is 0.0488 e. The van der Waals surface area contributed by atoms with Crippen LogP contribution in [0.2, 0.25) is 5.02 Å². The standard InChI is InChI=1S/C17H20ClN3S.ClH/c18-15-3-5-16(6-4-15)22-11-10-21-9-8-20-13-17(21)14-2-1-7-19-12-14;/h1-7,12,17,20H,8-11,13H2;1H. The monoisotopic (exact) mass is 369 g/mol. The lowest BCUT2D eigenvalue weighted by molar-refractivity contribution is 0.172. The van der Waals surface area contributed by atoms with Crippen LogP contribution in [-0.4, -0.2) is 41.8 Å². The average molecular weight is 370 g/mol. The Morgan fingerprint density at radius 2 is 2.09 bits per heavy atom. The van der Waals surface area contributed by atoms with E-state index >= 15 is 0 Å². The molecule has 0 aliphatic carbocycles. The first-order chi connectivity index (χ1) is 10.8. The van der Waals surface area contributed by atoms with Crippen molar-refractivity contribution < 1.29 is 0 Å². The van der Waals surface area contributed by atoms with E-state index in [0.717, 1.165) is 37.0 Å². The molecule has 1 aliphatic heterocycles. The fourth-order valence-electron chi connectivity index (χ4n) is 2.73. The van der Waals surface area contributed by atoms with E-state index in [1.54, 1.807) is 0 Å². The van der Waals surface area contributed by atoms with Crippen LogP contribution < -0.4 is 5.32 Å². The molecule has 1 aromatic carbocycles. The summed E-state index contributed by atoms with van der Waals surface area (Å²) in [5.41, 5.74) is 1.30. The molecule has 0 radical (unpaired) electrons. The van der Waals surface area contributed by atoms with E-state index in [4.69, 9.17) is 11.6 Å². The van der Waals surface area contributed by atoms with Crippen LogP contribution in [0.25, 0.3) is 0 Å². The molecule has 6 heteroatoms. The first kappa shape index (κ1) is 18.6. The molecule has 2 heterocycles. The second-order valence-electron chi connectivity index (χ2n) is 5.34. The summed E-state index contributed by atoms with van der Waals surface area (Å²) < 4.78 is 0. The number of hydrogen-bond acceptors (Lipinski definition) is 4. The topological polar surface area (TPSA) is 28.2 Å². The Hall–Kier alpha value is -0.780. The van der Waals surface area contributed by atoms with E-state index in [2.05, 4.69) is 33.4 Å². The van der Waals surface area contributed by atoms with Crippen molar-refractivity contribution in [2.75, 3.05) is 31.9 Å². The summed E-state index contributed by atoms with van der Waals surface area (Å²) >= 11 is 7.81. The minimum Gasteiger partial charge on any atom is -0.314 e. The third kappa shape index (κ3) is 5.37. The molecule has 1 fully saturated rings. The average Bonchev–Trinajstić information content (AvgIpc) is 2.58. The minimum absolute atomic E-state index is 0. The van der Waals surface area contributed by atoms with Crippen LogP contribution in [0.15, 0.2) is 53.7 Å². The number of hydrogen-bond donors (Lipinski definition) is 1. The lowest BCUT2D eigenvalue weighted by atomic mass is 10.1. The molecule has 3 rings (SSSR count). The second-order valence-corrected chi connectivity index (χ2v) is 6.95. The first-order valence-corrected chi connectivity index (χ1v) is 8.92. The van der Waals surface area contributed by atoms with Gasteiger partial charge in [0.1, 0.15) is 0 Å². The zero-order valence-electron chi connectivity index (χ0n) is 12.8. The molecule has 1 N–H and O–H groups in total. The fraction of sp³-hybridized carbons (Fsp3) is 0.353. The number of nitrogens with zero attached hydrogens (tertiary/aromatic N) is 2. The van der Waals surface area contributed by atoms with Gasteiger partial charge < -0.3 is 5.32 Å². The molecular weight excluding hydrogens is 349 g/mol. The van der Waals surface area contributed by atoms with Gasteiger partial charge in [-0.05, 0) is 35.9 Å². The van der Waals surface area contributed by atoms with Crippen molar-refractivity contribution in [1.29, 1.82) is 0 Å². The van der Waals surface area contributed by atoms with Gasteiger partial charge in [-0.3, -0.25) is 9.88 Å². The predicted molar refractivity (Wildman–Crippen MR) is 101 cm³/mol. The van der Waals surface area contributed by atoms with Gasteiger partial charge in [0, 0.05) is 60.3 Å². The number of rotatable bonds is 5. The summed E-state index contributed by atoms with van der Waals surface area (Å²) in [5, 5.41) is 4.28. The van der Waals surface area contributed by atoms with Crippen LogP contribution in [0.4, 0.5) is 0 Å². The molecular formula is C17H21Cl2N3S. The molecule has 124 valence electrons. The lowest BCUT2D eigenvalue weighted by Gasteiger charge is -2.36. The zero-order valence-corrected chi connectivity index (χ0v) is 15.2. The van der Waals surface area contributed by atoms with Crippen LogP contribution in [0, 0.1) is 0 Å². The number of halogens is 2. The molecule has 1 atom stereocenters. The Balaban J connectivity index is 0.00000192. The van der Waals surface area contributed by atoms with Crippen molar-refractivity contribution >= 4 is 35.8 Å². The number of aromatic nitrogens is 1. The molecule has 0 bridgehead atoms. The maximum atomic E-state index is 5.92. The number of nitrogens with one attached hydrogen (secondary N) is 1. The number of thioether (sulfide) groups is 1. The summed E-state index contributed by atoms with van der Waals surface area (Å²) in [6, 6.07) is 12.7. The summed E-state index contributed by atoms with van der Waals surface area (Å²) in [6.07, 6.45) is 3.82. The first-order valence-electron chi connectivity index (χ1n) is 7.56. The molecule has 1 aromatic heterocycles. The van der Waals surface area contributed by atoms with Crippen LogP contribution >= 0.6 is 35.8 Å². The predicted octanol–water partition coefficient (Wildman–Crippen LogP) is 3.90. The number of benzene rings is 1. The zero-order chi connectivity index (χ0) is 15.2. The van der Waals surface area contributed by atoms with Gasteiger partial charge in [-0.1, -0.05) is 17.7 Å². The minimum atomic E-state index is 0. The SMILES string of the molecule is Cl.Clc1ccc(SCCN2CCNCC2c2cccnc2)cc1. The van der Waals surface area contributed by atoms with Gasteiger partial charge in [0.25, 0.3) is 0 Å². The molecule has 1 aliphatic rings. The van der Waals surface area contributed by atoms with Gasteiger partial charge in [-0.25, -0.2) is 0 Å². The van der Waals surface area contributed by atoms with Crippen molar-refractivity contribution in [3.05, 3.63) is 59.4 Å². The normalized spacial score (nSPS) is 18.4. The van der Waals surface area contributed by atoms with E-state index in [0.29, 0.717) is 6.04 Å². The summed E-state index contributed by atoms with van der Waals surface area (Å²) in [7, 11) is 0. The lowest BCUT2D eigenvalue weighted by Crippen LogP contribution is -2.46. The highest BCUT2D eigenvalue weighted by molar-refractivity contribution is 7.99. The van der Waals surface area contributed by atoms with Gasteiger partial charge in [-0.15, -0.1) is 24.2 Å². The van der Waals surface area contributed by atoms with Crippen molar-refractivity contribution in [2.24, 2.45) is 0 Å². The third-order valence-corrected chi connectivity index (χ3v) is 5.13. The highest BCUT2D eigenvalue weighted by Crippen LogP contribution is 2.24. The van der Waals surface area contributed by atoms with Gasteiger partial charge in [-0.2, -0.15) is 0 Å². The highest BCUT2D eigenvalue weighted by atomic mass is 35.5. The van der Waals surface area contributed by atoms with Gasteiger partial charge in [0.05, 0.1) is 0 Å². The molecule has 0 amide bonds. The number of pyridine rings is 1. The molecule has 0 saturated carbocycles. The maximum absolute atomic E-state index is 5.92. The summed E-state index contributed by atoms with van der Waals surface area (Å²) in [4.78, 5) is 8.09. The fourth-order valence-corrected chi connectivity index (χ4v) is 3.74. The summed E-state index contributed by atoms with van der Waals surface area (Å²) in [5.74, 6) is 1.08. The van der Waals surface area contributed by atoms with Crippen LogP contribution in [0.1, 0.15) is 11.6 Å². The quantitative estimate of drug-likeness (QED) is 0.809. The van der Waals surface area contributed by atoms with Crippen molar-refractivity contribution in [2.45, 2.75) is 10.9 Å². The summed E-state index contributed by atoms with van der Waals surface area (Å²) in [6.45, 7) is 4.22. The highest BCUT2D eigenvalue weighted by Gasteiger charge is 2.23. The van der Waals surface area contributed by atoms with Crippen molar-refractivity contribution in [1.82, 2.24) is 15.2 Å². The molecule has 0 spiro atoms. The molecule has 1 unspecified atom stereocenters. The second kappa shape index (κ2) is 9.50. The van der Waals surface area contributed by atoms with Crippen LogP contribution in [-0.2, 0) is 0 Å². The molecule has 1 saturated heterocycles. The van der Waals surface area contributed by atoms with Gasteiger partial charge in [0.15, 0.2) is 0 Å². The molecule has 2 aromatic rings. The van der Waals surface area contributed by atoms with Gasteiger partial charge >= 0.3 is 0 Å². The van der Waals surface area contributed by atoms with Gasteiger partial charge in [0.2, 0.25) is 0 Å². The Morgan fingerprint density at radius 1 is 1.26 bits per heavy atom. The third-order valence-electron chi connectivity index (χ3n) is 3.88. The Morgan fingerprint density at radius 3 is 2.83 bits per heavy atom. The van der Waals surface area contributed by atoms with E-state index in [9.17, 15) is 0 Å².